The van der Waals surface area contributed by atoms with Gasteiger partial charge < -0.3 is 14.8 Å². The van der Waals surface area contributed by atoms with Crippen LogP contribution in [0.25, 0.3) is 11.3 Å². The highest BCUT2D eigenvalue weighted by Gasteiger charge is 2.32. The van der Waals surface area contributed by atoms with Crippen LogP contribution in [0.4, 0.5) is 13.2 Å². The molecule has 1 atom stereocenters. The molecule has 40 heavy (non-hydrogen) atoms. The molecular weight excluding hydrogens is 541 g/mol. The van der Waals surface area contributed by atoms with Gasteiger partial charge in [0, 0.05) is 36.3 Å². The average molecular weight is 577 g/mol. The lowest BCUT2D eigenvalue weighted by atomic mass is 9.86. The van der Waals surface area contributed by atoms with Crippen molar-refractivity contribution in [3.63, 3.8) is 0 Å². The quantitative estimate of drug-likeness (QED) is 0.321. The molecule has 2 fully saturated rings. The molecule has 2 N–H and O–H groups in total. The van der Waals surface area contributed by atoms with Gasteiger partial charge in [-0.2, -0.15) is 26.7 Å². The Labute approximate surface area is 233 Å². The first-order valence-electron chi connectivity index (χ1n) is 13.8. The number of nitrogens with one attached hydrogen (secondary N) is 2. The van der Waals surface area contributed by atoms with Gasteiger partial charge >= 0.3 is 16.3 Å². The van der Waals surface area contributed by atoms with E-state index in [9.17, 15) is 21.6 Å². The minimum atomic E-state index is -4.67. The van der Waals surface area contributed by atoms with Gasteiger partial charge in [0.2, 0.25) is 0 Å². The highest BCUT2D eigenvalue weighted by molar-refractivity contribution is 7.87. The molecule has 0 spiro atoms. The zero-order chi connectivity index (χ0) is 28.3. The fourth-order valence-electron chi connectivity index (χ4n) is 5.58. The van der Waals surface area contributed by atoms with Gasteiger partial charge in [-0.05, 0) is 69.1 Å². The number of alkyl halides is 3. The molecule has 0 radical (unpaired) electrons. The standard InChI is InChI=1S/C29H35F3N4O3S/c1-20-10-11-28(39-40(37,38)24-9-5-8-22(17-24)29(30,31)32)25(16-20)26-18-27(21-6-3-2-4-7-21)36(35-26)15-14-34-23-12-13-33-19-23/h5,8-11,16-18,21,23,33-34H,2-4,6-7,12-15,19H2,1H3/t23-/m1/s1. The third-order valence-electron chi connectivity index (χ3n) is 7.71. The molecule has 2 aromatic carbocycles. The zero-order valence-corrected chi connectivity index (χ0v) is 23.3. The summed E-state index contributed by atoms with van der Waals surface area (Å²) in [5.41, 5.74) is 2.01. The summed E-state index contributed by atoms with van der Waals surface area (Å²) in [5.74, 6) is 0.393. The van der Waals surface area contributed by atoms with Crippen LogP contribution in [0.15, 0.2) is 53.4 Å². The van der Waals surface area contributed by atoms with Gasteiger partial charge in [0.1, 0.15) is 4.90 Å². The first kappa shape index (κ1) is 28.6. The molecule has 2 heterocycles. The third kappa shape index (κ3) is 6.70. The maximum absolute atomic E-state index is 13.2. The van der Waals surface area contributed by atoms with Crippen molar-refractivity contribution in [1.29, 1.82) is 0 Å². The number of hydrogen-bond acceptors (Lipinski definition) is 6. The second kappa shape index (κ2) is 11.9. The zero-order valence-electron chi connectivity index (χ0n) is 22.5. The molecule has 5 rings (SSSR count). The number of benzene rings is 2. The summed E-state index contributed by atoms with van der Waals surface area (Å²) < 4.78 is 73.4. The van der Waals surface area contributed by atoms with Crippen LogP contribution in [0.5, 0.6) is 5.75 Å². The fourth-order valence-corrected chi connectivity index (χ4v) is 6.58. The minimum Gasteiger partial charge on any atom is -0.378 e. The molecule has 3 aromatic rings. The molecule has 0 amide bonds. The van der Waals surface area contributed by atoms with Gasteiger partial charge in [0.25, 0.3) is 0 Å². The summed E-state index contributed by atoms with van der Waals surface area (Å²) in [4.78, 5) is -0.560. The summed E-state index contributed by atoms with van der Waals surface area (Å²) in [6.45, 7) is 5.27. The number of nitrogens with zero attached hydrogens (tertiary/aromatic N) is 2. The van der Waals surface area contributed by atoms with E-state index in [2.05, 4.69) is 10.6 Å². The highest BCUT2D eigenvalue weighted by Crippen LogP contribution is 2.38. The molecule has 1 aliphatic heterocycles. The summed E-state index contributed by atoms with van der Waals surface area (Å²) in [6.07, 6.45) is 2.10. The molecule has 0 bridgehead atoms. The number of aromatic nitrogens is 2. The van der Waals surface area contributed by atoms with Gasteiger partial charge in [-0.3, -0.25) is 4.68 Å². The Kier molecular flexibility index (Phi) is 8.53. The normalized spacial score (nSPS) is 18.8. The summed E-state index contributed by atoms with van der Waals surface area (Å²) >= 11 is 0. The van der Waals surface area contributed by atoms with E-state index in [1.807, 2.05) is 17.7 Å². The van der Waals surface area contributed by atoms with Crippen molar-refractivity contribution in [3.05, 3.63) is 65.4 Å². The van der Waals surface area contributed by atoms with Gasteiger partial charge in [0.05, 0.1) is 17.8 Å². The Morgan fingerprint density at radius 3 is 2.60 bits per heavy atom. The van der Waals surface area contributed by atoms with E-state index in [0.717, 1.165) is 81.2 Å². The SMILES string of the molecule is Cc1ccc(OS(=O)(=O)c2cccc(C(F)(F)F)c2)c(-c2cc(C3CCCCC3)n(CCN[C@@H]3CCNC3)n2)c1. The van der Waals surface area contributed by atoms with Crippen molar-refractivity contribution in [2.45, 2.75) is 75.0 Å². The lowest BCUT2D eigenvalue weighted by Gasteiger charge is -2.22. The van der Waals surface area contributed by atoms with Crippen molar-refractivity contribution >= 4 is 10.1 Å². The number of rotatable bonds is 9. The van der Waals surface area contributed by atoms with Crippen molar-refractivity contribution in [1.82, 2.24) is 20.4 Å². The smallest absolute Gasteiger partial charge is 0.378 e. The minimum absolute atomic E-state index is 0.0259. The molecule has 1 saturated heterocycles. The first-order chi connectivity index (χ1) is 19.1. The van der Waals surface area contributed by atoms with Gasteiger partial charge in [-0.1, -0.05) is 37.0 Å². The van der Waals surface area contributed by atoms with Crippen LogP contribution in [-0.2, 0) is 22.8 Å². The third-order valence-corrected chi connectivity index (χ3v) is 8.94. The van der Waals surface area contributed by atoms with Gasteiger partial charge in [0.15, 0.2) is 5.75 Å². The van der Waals surface area contributed by atoms with E-state index < -0.39 is 26.8 Å². The molecule has 1 aliphatic carbocycles. The maximum Gasteiger partial charge on any atom is 0.416 e. The highest BCUT2D eigenvalue weighted by atomic mass is 32.2. The molecule has 11 heteroatoms. The van der Waals surface area contributed by atoms with Gasteiger partial charge in [-0.25, -0.2) is 0 Å². The first-order valence-corrected chi connectivity index (χ1v) is 15.3. The summed E-state index contributed by atoms with van der Waals surface area (Å²) in [7, 11) is -4.54. The molecule has 216 valence electrons. The fraction of sp³-hybridized carbons (Fsp3) is 0.483. The van der Waals surface area contributed by atoms with Crippen LogP contribution >= 0.6 is 0 Å². The topological polar surface area (TPSA) is 85.2 Å². The largest absolute Gasteiger partial charge is 0.416 e. The number of aryl methyl sites for hydroxylation is 1. The van der Waals surface area contributed by atoms with Crippen molar-refractivity contribution in [3.8, 4) is 17.0 Å². The predicted octanol–water partition coefficient (Wildman–Crippen LogP) is 5.64. The van der Waals surface area contributed by atoms with Crippen LogP contribution in [0, 0.1) is 6.92 Å². The van der Waals surface area contributed by atoms with Crippen molar-refractivity contribution < 1.29 is 25.8 Å². The molecule has 2 aliphatic rings. The van der Waals surface area contributed by atoms with E-state index in [-0.39, 0.29) is 5.75 Å². The second-order valence-electron chi connectivity index (χ2n) is 10.7. The van der Waals surface area contributed by atoms with Gasteiger partial charge in [-0.15, -0.1) is 0 Å². The van der Waals surface area contributed by atoms with Crippen molar-refractivity contribution in [2.24, 2.45) is 0 Å². The Morgan fingerprint density at radius 2 is 1.88 bits per heavy atom. The maximum atomic E-state index is 13.2. The van der Waals surface area contributed by atoms with E-state index in [4.69, 9.17) is 9.28 Å². The van der Waals surface area contributed by atoms with Crippen LogP contribution in [0.1, 0.15) is 61.3 Å². The molecule has 0 unspecified atom stereocenters. The molecular formula is C29H35F3N4O3S. The lowest BCUT2D eigenvalue weighted by molar-refractivity contribution is -0.137. The second-order valence-corrected chi connectivity index (χ2v) is 12.3. The Hall–Kier alpha value is -2.89. The molecule has 7 nitrogen and oxygen atoms in total. The summed E-state index contributed by atoms with van der Waals surface area (Å²) in [6, 6.07) is 11.1. The molecule has 1 aromatic heterocycles. The van der Waals surface area contributed by atoms with Crippen LogP contribution in [0.2, 0.25) is 0 Å². The van der Waals surface area contributed by atoms with Crippen LogP contribution in [0.3, 0.4) is 0 Å². The molecule has 1 saturated carbocycles. The average Bonchev–Trinajstić information content (AvgIpc) is 3.60. The van der Waals surface area contributed by atoms with E-state index in [1.165, 1.54) is 12.5 Å². The number of hydrogen-bond donors (Lipinski definition) is 2. The summed E-state index contributed by atoms with van der Waals surface area (Å²) in [5, 5.41) is 11.9. The lowest BCUT2D eigenvalue weighted by Crippen LogP contribution is -2.34. The Morgan fingerprint density at radius 1 is 1.07 bits per heavy atom. The monoisotopic (exact) mass is 576 g/mol. The Balaban J connectivity index is 1.46. The van der Waals surface area contributed by atoms with Crippen molar-refractivity contribution in [2.75, 3.05) is 19.6 Å². The van der Waals surface area contributed by atoms with E-state index in [0.29, 0.717) is 35.8 Å². The van der Waals surface area contributed by atoms with Crippen LogP contribution < -0.4 is 14.8 Å². The predicted molar refractivity (Wildman–Crippen MR) is 147 cm³/mol. The Bertz CT molecular complexity index is 1430. The van der Waals surface area contributed by atoms with Crippen LogP contribution in [-0.4, -0.2) is 43.9 Å². The van der Waals surface area contributed by atoms with E-state index >= 15 is 0 Å². The number of halogens is 3. The van der Waals surface area contributed by atoms with E-state index in [1.54, 1.807) is 12.1 Å².